The molecular weight excluding hydrogens is 384 g/mol. The van der Waals surface area contributed by atoms with Gasteiger partial charge in [0.25, 0.3) is 0 Å². The van der Waals surface area contributed by atoms with Crippen LogP contribution in [0.1, 0.15) is 36.8 Å². The van der Waals surface area contributed by atoms with E-state index in [0.29, 0.717) is 25.4 Å². The number of likely N-dealkylation sites (tertiary alicyclic amines) is 1. The third kappa shape index (κ3) is 5.63. The average molecular weight is 417 g/mol. The normalized spacial score (nSPS) is 20.0. The Bertz CT molecular complexity index is 886. The van der Waals surface area contributed by atoms with Gasteiger partial charge in [-0.2, -0.15) is 0 Å². The number of hydrogen-bond acceptors (Lipinski definition) is 2. The smallest absolute Gasteiger partial charge is 0.226 e. The molecule has 31 heavy (non-hydrogen) atoms. The van der Waals surface area contributed by atoms with E-state index in [1.807, 2.05) is 46.2 Å². The Labute approximate surface area is 185 Å². The van der Waals surface area contributed by atoms with Gasteiger partial charge in [-0.25, -0.2) is 0 Å². The van der Waals surface area contributed by atoms with Gasteiger partial charge in [0.15, 0.2) is 0 Å². The van der Waals surface area contributed by atoms with Crippen molar-refractivity contribution in [1.82, 2.24) is 9.80 Å². The molecule has 2 aliphatic rings. The van der Waals surface area contributed by atoms with Crippen LogP contribution in [0, 0.1) is 11.8 Å². The van der Waals surface area contributed by atoms with E-state index < -0.39 is 0 Å². The molecule has 0 aromatic heterocycles. The summed E-state index contributed by atoms with van der Waals surface area (Å²) < 4.78 is 0. The van der Waals surface area contributed by atoms with Crippen molar-refractivity contribution in [3.63, 3.8) is 0 Å². The molecule has 0 saturated carbocycles. The first-order valence-corrected chi connectivity index (χ1v) is 11.5. The molecule has 162 valence electrons. The summed E-state index contributed by atoms with van der Waals surface area (Å²) in [5.41, 5.74) is 2.38. The van der Waals surface area contributed by atoms with Crippen LogP contribution in [0.3, 0.4) is 0 Å². The summed E-state index contributed by atoms with van der Waals surface area (Å²) in [6.07, 6.45) is 8.30. The van der Waals surface area contributed by atoms with Crippen LogP contribution < -0.4 is 0 Å². The van der Waals surface area contributed by atoms with E-state index in [1.165, 1.54) is 11.1 Å². The number of carbonyl (C=O) groups excluding carboxylic acids is 2. The number of allylic oxidation sites excluding steroid dienone is 1. The third-order valence-corrected chi connectivity index (χ3v) is 6.66. The Morgan fingerprint density at radius 1 is 0.871 bits per heavy atom. The van der Waals surface area contributed by atoms with E-state index in [2.05, 4.69) is 36.4 Å². The van der Waals surface area contributed by atoms with Gasteiger partial charge in [0.1, 0.15) is 0 Å². The van der Waals surface area contributed by atoms with Gasteiger partial charge in [-0.15, -0.1) is 0 Å². The van der Waals surface area contributed by atoms with Crippen LogP contribution in [-0.2, 0) is 22.6 Å². The van der Waals surface area contributed by atoms with Crippen molar-refractivity contribution < 1.29 is 9.59 Å². The second kappa shape index (κ2) is 10.4. The molecule has 2 aromatic rings. The maximum atomic E-state index is 13.3. The van der Waals surface area contributed by atoms with Crippen LogP contribution in [0.5, 0.6) is 0 Å². The quantitative estimate of drug-likeness (QED) is 0.652. The van der Waals surface area contributed by atoms with Crippen molar-refractivity contribution in [2.75, 3.05) is 19.6 Å². The molecule has 4 heteroatoms. The van der Waals surface area contributed by atoms with Gasteiger partial charge in [0.05, 0.1) is 0 Å². The molecule has 4 nitrogen and oxygen atoms in total. The van der Waals surface area contributed by atoms with Crippen LogP contribution in [0.4, 0.5) is 0 Å². The molecular formula is C27H32N2O2. The zero-order valence-corrected chi connectivity index (χ0v) is 18.2. The Kier molecular flexibility index (Phi) is 7.18. The summed E-state index contributed by atoms with van der Waals surface area (Å²) in [6, 6.07) is 20.4. The molecule has 2 amide bonds. The number of nitrogens with zero attached hydrogens (tertiary/aromatic N) is 2. The van der Waals surface area contributed by atoms with E-state index >= 15 is 0 Å². The number of hydrogen-bond donors (Lipinski definition) is 0. The number of amides is 2. The lowest BCUT2D eigenvalue weighted by molar-refractivity contribution is -0.138. The molecule has 0 aliphatic carbocycles. The fourth-order valence-electron chi connectivity index (χ4n) is 4.82. The molecule has 2 aromatic carbocycles. The van der Waals surface area contributed by atoms with Gasteiger partial charge < -0.3 is 9.80 Å². The second-order valence-electron chi connectivity index (χ2n) is 8.72. The lowest BCUT2D eigenvalue weighted by Crippen LogP contribution is -2.44. The molecule has 1 unspecified atom stereocenters. The van der Waals surface area contributed by atoms with E-state index in [4.69, 9.17) is 0 Å². The van der Waals surface area contributed by atoms with E-state index in [1.54, 1.807) is 0 Å². The molecule has 0 spiro atoms. The van der Waals surface area contributed by atoms with Crippen LogP contribution in [0.25, 0.3) is 0 Å². The molecule has 1 atom stereocenters. The van der Waals surface area contributed by atoms with Crippen LogP contribution >= 0.6 is 0 Å². The van der Waals surface area contributed by atoms with Crippen molar-refractivity contribution in [2.24, 2.45) is 11.8 Å². The minimum absolute atomic E-state index is 0.0315. The minimum Gasteiger partial charge on any atom is -0.343 e. The molecule has 0 bridgehead atoms. The Balaban J connectivity index is 1.30. The predicted molar refractivity (Wildman–Crippen MR) is 123 cm³/mol. The topological polar surface area (TPSA) is 40.6 Å². The third-order valence-electron chi connectivity index (χ3n) is 6.66. The molecule has 0 radical (unpaired) electrons. The Hall–Kier alpha value is -2.88. The molecule has 1 saturated heterocycles. The van der Waals surface area contributed by atoms with Gasteiger partial charge >= 0.3 is 0 Å². The van der Waals surface area contributed by atoms with E-state index in [-0.39, 0.29) is 17.7 Å². The fraction of sp³-hybridized carbons (Fsp3) is 0.407. The molecule has 4 rings (SSSR count). The van der Waals surface area contributed by atoms with E-state index in [0.717, 1.165) is 38.8 Å². The highest BCUT2D eigenvalue weighted by Gasteiger charge is 2.34. The van der Waals surface area contributed by atoms with Gasteiger partial charge in [0.2, 0.25) is 11.8 Å². The number of rotatable bonds is 6. The summed E-state index contributed by atoms with van der Waals surface area (Å²) in [6.45, 7) is 2.88. The Morgan fingerprint density at radius 2 is 1.52 bits per heavy atom. The summed E-state index contributed by atoms with van der Waals surface area (Å²) in [5, 5.41) is 0. The second-order valence-corrected chi connectivity index (χ2v) is 8.72. The monoisotopic (exact) mass is 416 g/mol. The van der Waals surface area contributed by atoms with Gasteiger partial charge in [-0.1, -0.05) is 72.8 Å². The first-order chi connectivity index (χ1) is 15.2. The maximum Gasteiger partial charge on any atom is 0.226 e. The summed E-state index contributed by atoms with van der Waals surface area (Å²) in [7, 11) is 0. The van der Waals surface area contributed by atoms with Crippen molar-refractivity contribution in [3.8, 4) is 0 Å². The lowest BCUT2D eigenvalue weighted by Gasteiger charge is -2.36. The van der Waals surface area contributed by atoms with Gasteiger partial charge in [0, 0.05) is 38.5 Å². The van der Waals surface area contributed by atoms with Crippen molar-refractivity contribution in [2.45, 2.75) is 38.6 Å². The SMILES string of the molecule is O=C(CCc1ccccc1)N1CCC(C2CC=CCN(Cc3ccccc3)C2=O)CC1. The molecule has 0 N–H and O–H groups in total. The highest BCUT2D eigenvalue weighted by atomic mass is 16.2. The first kappa shape index (κ1) is 21.4. The van der Waals surface area contributed by atoms with Crippen molar-refractivity contribution in [1.29, 1.82) is 0 Å². The van der Waals surface area contributed by atoms with Gasteiger partial charge in [-0.3, -0.25) is 9.59 Å². The molecule has 2 heterocycles. The van der Waals surface area contributed by atoms with Crippen LogP contribution in [-0.4, -0.2) is 41.2 Å². The van der Waals surface area contributed by atoms with Crippen molar-refractivity contribution in [3.05, 3.63) is 83.9 Å². The lowest BCUT2D eigenvalue weighted by atomic mass is 9.81. The van der Waals surface area contributed by atoms with Crippen molar-refractivity contribution >= 4 is 11.8 Å². The first-order valence-electron chi connectivity index (χ1n) is 11.5. The predicted octanol–water partition coefficient (Wildman–Crippen LogP) is 4.46. The zero-order valence-electron chi connectivity index (χ0n) is 18.2. The van der Waals surface area contributed by atoms with Crippen LogP contribution in [0.15, 0.2) is 72.8 Å². The molecule has 1 fully saturated rings. The number of benzene rings is 2. The highest BCUT2D eigenvalue weighted by molar-refractivity contribution is 5.80. The standard InChI is InChI=1S/C27H32N2O2/c30-26(15-14-22-9-3-1-4-10-22)28-19-16-24(17-20-28)25-13-7-8-18-29(27(25)31)21-23-11-5-2-6-12-23/h1-12,24-25H,13-21H2. The zero-order chi connectivity index (χ0) is 21.5. The largest absolute Gasteiger partial charge is 0.343 e. The Morgan fingerprint density at radius 3 is 2.19 bits per heavy atom. The maximum absolute atomic E-state index is 13.3. The summed E-state index contributed by atoms with van der Waals surface area (Å²) >= 11 is 0. The van der Waals surface area contributed by atoms with Gasteiger partial charge in [-0.05, 0) is 42.7 Å². The van der Waals surface area contributed by atoms with Crippen LogP contribution in [0.2, 0.25) is 0 Å². The number of carbonyl (C=O) groups is 2. The minimum atomic E-state index is 0.0315. The number of piperidine rings is 1. The summed E-state index contributed by atoms with van der Waals surface area (Å²) in [4.78, 5) is 30.0. The highest BCUT2D eigenvalue weighted by Crippen LogP contribution is 2.31. The fourth-order valence-corrected chi connectivity index (χ4v) is 4.82. The summed E-state index contributed by atoms with van der Waals surface area (Å²) in [5.74, 6) is 0.888. The number of aryl methyl sites for hydroxylation is 1. The molecule has 2 aliphatic heterocycles. The average Bonchev–Trinajstić information content (AvgIpc) is 3.00. The van der Waals surface area contributed by atoms with E-state index in [9.17, 15) is 9.59 Å².